The van der Waals surface area contributed by atoms with Crippen molar-refractivity contribution < 1.29 is 13.3 Å². The lowest BCUT2D eigenvalue weighted by Gasteiger charge is -2.13. The van der Waals surface area contributed by atoms with Crippen LogP contribution in [0.4, 0.5) is 0 Å². The first kappa shape index (κ1) is 14.6. The lowest BCUT2D eigenvalue weighted by Crippen LogP contribution is -2.29. The highest BCUT2D eigenvalue weighted by Crippen LogP contribution is 2.24. The van der Waals surface area contributed by atoms with E-state index in [-0.39, 0.29) is 17.2 Å². The first-order valence-electron chi connectivity index (χ1n) is 5.44. The molecule has 0 fully saturated rings. The van der Waals surface area contributed by atoms with Gasteiger partial charge in [-0.3, -0.25) is 0 Å². The zero-order valence-electron chi connectivity index (χ0n) is 10.9. The molecule has 8 heteroatoms. The van der Waals surface area contributed by atoms with Crippen LogP contribution in [0, 0.1) is 5.41 Å². The second-order valence-electron chi connectivity index (χ2n) is 4.67. The molecule has 1 aliphatic rings. The fraction of sp³-hybridized carbons (Fsp3) is 0.700. The zero-order valence-corrected chi connectivity index (χ0v) is 11.8. The molecule has 102 valence electrons. The fourth-order valence-corrected chi connectivity index (χ4v) is 2.86. The van der Waals surface area contributed by atoms with Gasteiger partial charge in [-0.15, -0.1) is 0 Å². The number of nitrogens with zero attached hydrogens (tertiary/aromatic N) is 2. The summed E-state index contributed by atoms with van der Waals surface area (Å²) in [5.74, 6) is -0.414. The van der Waals surface area contributed by atoms with Crippen LogP contribution < -0.4 is 5.43 Å². The predicted molar refractivity (Wildman–Crippen MR) is 70.9 cm³/mol. The van der Waals surface area contributed by atoms with Gasteiger partial charge in [0.15, 0.2) is 5.04 Å². The highest BCUT2D eigenvalue weighted by Gasteiger charge is 2.36. The van der Waals surface area contributed by atoms with Crippen molar-refractivity contribution >= 4 is 26.3 Å². The van der Waals surface area contributed by atoms with Gasteiger partial charge in [-0.2, -0.15) is 5.10 Å². The van der Waals surface area contributed by atoms with E-state index < -0.39 is 21.2 Å². The van der Waals surface area contributed by atoms with Crippen LogP contribution in [0.25, 0.3) is 0 Å². The summed E-state index contributed by atoms with van der Waals surface area (Å²) in [7, 11) is -2.02. The van der Waals surface area contributed by atoms with Crippen LogP contribution in [0.2, 0.25) is 0 Å². The van der Waals surface area contributed by atoms with Crippen LogP contribution in [0.1, 0.15) is 27.2 Å². The number of oxime groups is 1. The van der Waals surface area contributed by atoms with Crippen LogP contribution >= 0.6 is 0 Å². The Labute approximate surface area is 107 Å². The summed E-state index contributed by atoms with van der Waals surface area (Å²) in [4.78, 5) is 5.02. The lowest BCUT2D eigenvalue weighted by molar-refractivity contribution is 0.0123. The second kappa shape index (κ2) is 5.05. The minimum absolute atomic E-state index is 0.00509. The van der Waals surface area contributed by atoms with Crippen molar-refractivity contribution in [3.05, 3.63) is 0 Å². The van der Waals surface area contributed by atoms with Crippen LogP contribution in [-0.4, -0.2) is 43.3 Å². The second-order valence-corrected chi connectivity index (χ2v) is 6.66. The van der Waals surface area contributed by atoms with Crippen LogP contribution in [-0.2, 0) is 14.7 Å². The van der Waals surface area contributed by atoms with Gasteiger partial charge in [0.05, 0.1) is 17.2 Å². The highest BCUT2D eigenvalue weighted by atomic mass is 32.2. The molecule has 0 radical (unpaired) electrons. The minimum atomic E-state index is -3.60. The molecule has 0 atom stereocenters. The van der Waals surface area contributed by atoms with E-state index in [1.54, 1.807) is 27.8 Å². The summed E-state index contributed by atoms with van der Waals surface area (Å²) >= 11 is 0. The Hall–Kier alpha value is -1.44. The SMILES string of the molecule is CN/N=C(/C)C(=N)CS(=O)(=O)C1=NOC(C)(C)C1. The van der Waals surface area contributed by atoms with Crippen LogP contribution in [0.15, 0.2) is 10.3 Å². The summed E-state index contributed by atoms with van der Waals surface area (Å²) in [5, 5.41) is 15.0. The Morgan fingerprint density at radius 3 is 2.67 bits per heavy atom. The van der Waals surface area contributed by atoms with Gasteiger partial charge in [-0.05, 0) is 20.8 Å². The van der Waals surface area contributed by atoms with Crippen molar-refractivity contribution in [3.63, 3.8) is 0 Å². The van der Waals surface area contributed by atoms with E-state index in [1.807, 2.05) is 0 Å². The molecule has 0 spiro atoms. The Balaban J connectivity index is 2.79. The Kier molecular flexibility index (Phi) is 4.10. The smallest absolute Gasteiger partial charge is 0.200 e. The van der Waals surface area contributed by atoms with E-state index in [9.17, 15) is 8.42 Å². The average Bonchev–Trinajstić information content (AvgIpc) is 2.59. The molecule has 0 aromatic carbocycles. The maximum absolute atomic E-state index is 12.0. The van der Waals surface area contributed by atoms with E-state index in [2.05, 4.69) is 15.7 Å². The van der Waals surface area contributed by atoms with Crippen LogP contribution in [0.5, 0.6) is 0 Å². The number of nitrogens with one attached hydrogen (secondary N) is 2. The number of rotatable bonds is 4. The van der Waals surface area contributed by atoms with Gasteiger partial charge < -0.3 is 15.7 Å². The Bertz CT molecular complexity index is 505. The Morgan fingerprint density at radius 1 is 1.61 bits per heavy atom. The first-order chi connectivity index (χ1) is 8.18. The monoisotopic (exact) mass is 274 g/mol. The predicted octanol–water partition coefficient (Wildman–Crippen LogP) is 0.529. The molecule has 1 rings (SSSR count). The van der Waals surface area contributed by atoms with Crippen molar-refractivity contribution in [2.24, 2.45) is 10.3 Å². The molecule has 0 unspecified atom stereocenters. The van der Waals surface area contributed by atoms with Crippen molar-refractivity contribution in [2.75, 3.05) is 12.8 Å². The molecule has 0 saturated carbocycles. The van der Waals surface area contributed by atoms with Gasteiger partial charge in [-0.25, -0.2) is 8.42 Å². The summed E-state index contributed by atoms with van der Waals surface area (Å²) < 4.78 is 24.0. The Morgan fingerprint density at radius 2 is 2.22 bits per heavy atom. The third-order valence-electron chi connectivity index (χ3n) is 2.38. The fourth-order valence-electron chi connectivity index (χ4n) is 1.38. The van der Waals surface area contributed by atoms with Gasteiger partial charge in [0.25, 0.3) is 0 Å². The van der Waals surface area contributed by atoms with Crippen molar-refractivity contribution in [2.45, 2.75) is 32.8 Å². The maximum atomic E-state index is 12.0. The number of hydrogen-bond acceptors (Lipinski definition) is 7. The molecule has 0 aromatic heterocycles. The third kappa shape index (κ3) is 3.52. The van der Waals surface area contributed by atoms with E-state index >= 15 is 0 Å². The average molecular weight is 274 g/mol. The van der Waals surface area contributed by atoms with Gasteiger partial charge in [-0.1, -0.05) is 5.16 Å². The largest absolute Gasteiger partial charge is 0.389 e. The van der Waals surface area contributed by atoms with Gasteiger partial charge in [0, 0.05) is 13.5 Å². The zero-order chi connectivity index (χ0) is 14.0. The molecule has 18 heavy (non-hydrogen) atoms. The summed E-state index contributed by atoms with van der Waals surface area (Å²) in [6.45, 7) is 5.10. The topological polar surface area (TPSA) is 104 Å². The van der Waals surface area contributed by atoms with Gasteiger partial charge >= 0.3 is 0 Å². The number of sulfone groups is 1. The maximum Gasteiger partial charge on any atom is 0.200 e. The minimum Gasteiger partial charge on any atom is -0.389 e. The number of hydrogen-bond donors (Lipinski definition) is 2. The van der Waals surface area contributed by atoms with E-state index in [0.29, 0.717) is 5.71 Å². The molecule has 7 nitrogen and oxygen atoms in total. The van der Waals surface area contributed by atoms with E-state index in [4.69, 9.17) is 10.2 Å². The third-order valence-corrected chi connectivity index (χ3v) is 3.99. The number of hydrazone groups is 1. The molecule has 0 aliphatic carbocycles. The molecular formula is C10H18N4O3S. The normalized spacial score (nSPS) is 19.1. The first-order valence-corrected chi connectivity index (χ1v) is 7.10. The van der Waals surface area contributed by atoms with Crippen molar-refractivity contribution in [1.29, 1.82) is 5.41 Å². The molecule has 0 aromatic rings. The molecule has 0 saturated heterocycles. The molecule has 1 heterocycles. The standard InChI is InChI=1S/C10H18N4O3S/c1-7(13-12-4)8(11)6-18(15,16)9-5-10(2,3)17-14-9/h11-12H,5-6H2,1-4H3/b11-8?,13-7-. The van der Waals surface area contributed by atoms with Crippen molar-refractivity contribution in [3.8, 4) is 0 Å². The van der Waals surface area contributed by atoms with E-state index in [1.165, 1.54) is 0 Å². The quantitative estimate of drug-likeness (QED) is 0.576. The van der Waals surface area contributed by atoms with Gasteiger partial charge in [0.1, 0.15) is 5.60 Å². The lowest BCUT2D eigenvalue weighted by atomic mass is 10.1. The van der Waals surface area contributed by atoms with Gasteiger partial charge in [0.2, 0.25) is 9.84 Å². The van der Waals surface area contributed by atoms with E-state index in [0.717, 1.165) is 0 Å². The highest BCUT2D eigenvalue weighted by molar-refractivity contribution is 8.07. The molecule has 2 N–H and O–H groups in total. The summed E-state index contributed by atoms with van der Waals surface area (Å²) in [6, 6.07) is 0. The summed E-state index contributed by atoms with van der Waals surface area (Å²) in [6.07, 6.45) is 0.227. The molecule has 1 aliphatic heterocycles. The molecule has 0 amide bonds. The summed E-state index contributed by atoms with van der Waals surface area (Å²) in [5.41, 5.74) is 2.19. The van der Waals surface area contributed by atoms with Crippen molar-refractivity contribution in [1.82, 2.24) is 5.43 Å². The molecular weight excluding hydrogens is 256 g/mol. The molecule has 0 bridgehead atoms. The van der Waals surface area contributed by atoms with Crippen LogP contribution in [0.3, 0.4) is 0 Å².